The fourth-order valence-corrected chi connectivity index (χ4v) is 1.18. The van der Waals surface area contributed by atoms with Gasteiger partial charge >= 0.3 is 5.97 Å². The summed E-state index contributed by atoms with van der Waals surface area (Å²) in [6, 6.07) is 5.56. The molecule has 1 aromatic rings. The number of benzene rings is 1. The number of hydrogen-bond acceptors (Lipinski definition) is 2. The first-order valence-corrected chi connectivity index (χ1v) is 3.68. The predicted molar refractivity (Wildman–Crippen MR) is 46.7 cm³/mol. The number of carbonyl (C=O) groups is 1. The Morgan fingerprint density at radius 1 is 1.25 bits per heavy atom. The maximum Gasteiger partial charge on any atom is 0.338 e. The minimum atomic E-state index is -0.387. The fourth-order valence-electron chi connectivity index (χ4n) is 1.18. The molecule has 1 rings (SSSR count). The second-order valence-electron chi connectivity index (χ2n) is 2.81. The zero-order valence-electron chi connectivity index (χ0n) is 7.26. The Morgan fingerprint density at radius 2 is 1.75 bits per heavy atom. The normalized spacial score (nSPS) is 9.58. The smallest absolute Gasteiger partial charge is 0.338 e. The van der Waals surface area contributed by atoms with Crippen LogP contribution in [-0.4, -0.2) is 5.97 Å². The molecule has 0 spiro atoms. The summed E-state index contributed by atoms with van der Waals surface area (Å²) in [6.45, 7) is 3.87. The number of aryl methyl sites for hydroxylation is 2. The first kappa shape index (κ1) is 8.78. The summed E-state index contributed by atoms with van der Waals surface area (Å²) in [6.07, 6.45) is 0. The summed E-state index contributed by atoms with van der Waals surface area (Å²) in [4.78, 5) is 11.0. The van der Waals surface area contributed by atoms with Gasteiger partial charge in [-0.25, -0.2) is 4.79 Å². The average molecular weight is 163 g/mol. The quantitative estimate of drug-likeness (QED) is 0.593. The first-order valence-electron chi connectivity index (χ1n) is 3.68. The Balaban J connectivity index is 3.08. The van der Waals surface area contributed by atoms with E-state index in [-0.39, 0.29) is 5.97 Å². The van der Waals surface area contributed by atoms with Gasteiger partial charge in [0.2, 0.25) is 0 Å². The van der Waals surface area contributed by atoms with Gasteiger partial charge in [0.15, 0.2) is 0 Å². The Morgan fingerprint density at radius 3 is 2.17 bits per heavy atom. The van der Waals surface area contributed by atoms with Crippen molar-refractivity contribution in [2.75, 3.05) is 0 Å². The number of hydrogen-bond donors (Lipinski definition) is 0. The van der Waals surface area contributed by atoms with E-state index in [2.05, 4.69) is 11.8 Å². The van der Waals surface area contributed by atoms with Crippen molar-refractivity contribution in [3.63, 3.8) is 0 Å². The van der Waals surface area contributed by atoms with Crippen molar-refractivity contribution in [3.05, 3.63) is 42.0 Å². The van der Waals surface area contributed by atoms with E-state index < -0.39 is 0 Å². The fraction of sp³-hybridized carbons (Fsp3) is 0.200. The van der Waals surface area contributed by atoms with E-state index in [1.54, 1.807) is 12.1 Å². The zero-order chi connectivity index (χ0) is 9.14. The second-order valence-corrected chi connectivity index (χ2v) is 2.81. The molecule has 0 bridgehead atoms. The molecule has 0 saturated heterocycles. The van der Waals surface area contributed by atoms with Gasteiger partial charge in [0.1, 0.15) is 7.11 Å². The third-order valence-corrected chi connectivity index (χ3v) is 1.59. The van der Waals surface area contributed by atoms with E-state index in [9.17, 15) is 4.79 Å². The van der Waals surface area contributed by atoms with Crippen LogP contribution in [0.15, 0.2) is 18.2 Å². The van der Waals surface area contributed by atoms with Crippen LogP contribution in [0.4, 0.5) is 0 Å². The van der Waals surface area contributed by atoms with Crippen molar-refractivity contribution in [2.45, 2.75) is 13.8 Å². The minimum absolute atomic E-state index is 0.387. The number of rotatable bonds is 1. The van der Waals surface area contributed by atoms with Gasteiger partial charge in [-0.05, 0) is 26.0 Å². The van der Waals surface area contributed by atoms with Crippen molar-refractivity contribution in [2.24, 2.45) is 0 Å². The highest BCUT2D eigenvalue weighted by Crippen LogP contribution is 2.09. The van der Waals surface area contributed by atoms with Gasteiger partial charge in [-0.1, -0.05) is 17.2 Å². The lowest BCUT2D eigenvalue weighted by Gasteiger charge is -2.01. The molecule has 0 aliphatic carbocycles. The van der Waals surface area contributed by atoms with Crippen molar-refractivity contribution >= 4 is 5.97 Å². The van der Waals surface area contributed by atoms with E-state index in [4.69, 9.17) is 0 Å². The maximum absolute atomic E-state index is 11.0. The molecular weight excluding hydrogens is 152 g/mol. The molecule has 0 fully saturated rings. The van der Waals surface area contributed by atoms with Gasteiger partial charge in [-0.15, -0.1) is 0 Å². The Kier molecular flexibility index (Phi) is 2.48. The molecule has 2 nitrogen and oxygen atoms in total. The highest BCUT2D eigenvalue weighted by Gasteiger charge is 2.05. The SMILES string of the molecule is [CH2]OC(=O)c1cc(C)cc(C)c1. The molecular formula is C10H11O2. The highest BCUT2D eigenvalue weighted by molar-refractivity contribution is 5.89. The summed E-state index contributed by atoms with van der Waals surface area (Å²) >= 11 is 0. The molecule has 0 atom stereocenters. The molecule has 1 radical (unpaired) electrons. The molecule has 63 valence electrons. The Hall–Kier alpha value is -1.31. The van der Waals surface area contributed by atoms with Crippen LogP contribution in [0.25, 0.3) is 0 Å². The number of esters is 1. The van der Waals surface area contributed by atoms with Crippen molar-refractivity contribution < 1.29 is 9.53 Å². The zero-order valence-corrected chi connectivity index (χ0v) is 7.26. The van der Waals surface area contributed by atoms with Crippen LogP contribution < -0.4 is 0 Å². The van der Waals surface area contributed by atoms with Gasteiger partial charge in [-0.3, -0.25) is 0 Å². The van der Waals surface area contributed by atoms with Crippen LogP contribution in [-0.2, 0) is 4.74 Å². The Labute approximate surface area is 72.2 Å². The molecule has 0 aliphatic heterocycles. The van der Waals surface area contributed by atoms with Gasteiger partial charge in [0, 0.05) is 0 Å². The van der Waals surface area contributed by atoms with Gasteiger partial charge in [0.05, 0.1) is 5.56 Å². The lowest BCUT2D eigenvalue weighted by Crippen LogP contribution is -2.00. The molecule has 0 unspecified atom stereocenters. The lowest BCUT2D eigenvalue weighted by atomic mass is 10.1. The number of carbonyl (C=O) groups excluding carboxylic acids is 1. The highest BCUT2D eigenvalue weighted by atomic mass is 16.5. The Bertz CT molecular complexity index is 282. The molecule has 0 heterocycles. The van der Waals surface area contributed by atoms with E-state index in [0.29, 0.717) is 5.56 Å². The van der Waals surface area contributed by atoms with Gasteiger partial charge in [0.25, 0.3) is 0 Å². The van der Waals surface area contributed by atoms with E-state index in [1.165, 1.54) is 0 Å². The van der Waals surface area contributed by atoms with Crippen LogP contribution in [0.1, 0.15) is 21.5 Å². The van der Waals surface area contributed by atoms with Crippen LogP contribution in [0.2, 0.25) is 0 Å². The third kappa shape index (κ3) is 1.84. The summed E-state index contributed by atoms with van der Waals surface area (Å²) in [7, 11) is 3.07. The summed E-state index contributed by atoms with van der Waals surface area (Å²) < 4.78 is 4.36. The second kappa shape index (κ2) is 3.39. The van der Waals surface area contributed by atoms with Crippen LogP contribution in [0.3, 0.4) is 0 Å². The van der Waals surface area contributed by atoms with E-state index >= 15 is 0 Å². The molecule has 0 amide bonds. The number of ether oxygens (including phenoxy) is 1. The minimum Gasteiger partial charge on any atom is -0.458 e. The van der Waals surface area contributed by atoms with Crippen molar-refractivity contribution in [1.29, 1.82) is 0 Å². The predicted octanol–water partition coefficient (Wildman–Crippen LogP) is 2.25. The molecule has 1 aromatic carbocycles. The monoisotopic (exact) mass is 163 g/mol. The van der Waals surface area contributed by atoms with Gasteiger partial charge in [-0.2, -0.15) is 0 Å². The topological polar surface area (TPSA) is 26.3 Å². The molecule has 0 aromatic heterocycles. The summed E-state index contributed by atoms with van der Waals surface area (Å²) in [5, 5.41) is 0. The molecule has 12 heavy (non-hydrogen) atoms. The molecule has 0 saturated carbocycles. The van der Waals surface area contributed by atoms with E-state index in [1.807, 2.05) is 19.9 Å². The maximum atomic E-state index is 11.0. The van der Waals surface area contributed by atoms with Gasteiger partial charge < -0.3 is 4.74 Å². The van der Waals surface area contributed by atoms with Crippen LogP contribution >= 0.6 is 0 Å². The van der Waals surface area contributed by atoms with Crippen LogP contribution in [0.5, 0.6) is 0 Å². The average Bonchev–Trinajstić information content (AvgIpc) is 2.01. The van der Waals surface area contributed by atoms with Crippen molar-refractivity contribution in [3.8, 4) is 0 Å². The van der Waals surface area contributed by atoms with Crippen LogP contribution in [0, 0.1) is 21.0 Å². The first-order chi connectivity index (χ1) is 5.63. The van der Waals surface area contributed by atoms with E-state index in [0.717, 1.165) is 11.1 Å². The molecule has 2 heteroatoms. The molecule has 0 aliphatic rings. The largest absolute Gasteiger partial charge is 0.458 e. The summed E-state index contributed by atoms with van der Waals surface area (Å²) in [5.74, 6) is -0.387. The standard InChI is InChI=1S/C10H11O2/c1-7-4-8(2)6-9(5-7)10(11)12-3/h4-6H,3H2,1-2H3. The molecule has 0 N–H and O–H groups in total. The third-order valence-electron chi connectivity index (χ3n) is 1.59. The van der Waals surface area contributed by atoms with Crippen molar-refractivity contribution in [1.82, 2.24) is 0 Å². The lowest BCUT2D eigenvalue weighted by molar-refractivity contribution is 0.0654. The summed E-state index contributed by atoms with van der Waals surface area (Å²) in [5.41, 5.74) is 2.66.